The van der Waals surface area contributed by atoms with E-state index in [0.717, 1.165) is 29.5 Å². The Labute approximate surface area is 271 Å². The van der Waals surface area contributed by atoms with Crippen LogP contribution in [0, 0.1) is 11.3 Å². The summed E-state index contributed by atoms with van der Waals surface area (Å²) in [4.78, 5) is 16.8. The zero-order valence-corrected chi connectivity index (χ0v) is 27.8. The molecule has 9 heteroatoms. The summed E-state index contributed by atoms with van der Waals surface area (Å²) in [5.74, 6) is 0.758. The van der Waals surface area contributed by atoms with Gasteiger partial charge in [-0.05, 0) is 84.7 Å². The molecule has 6 nitrogen and oxygen atoms in total. The Morgan fingerprint density at radius 3 is 2.36 bits per heavy atom. The lowest BCUT2D eigenvalue weighted by molar-refractivity contribution is -0.155. The second-order valence-corrected chi connectivity index (χ2v) is 15.3. The highest BCUT2D eigenvalue weighted by molar-refractivity contribution is 7.88. The average molecular weight is 656 g/mol. The van der Waals surface area contributed by atoms with Crippen molar-refractivity contribution in [1.82, 2.24) is 9.21 Å². The van der Waals surface area contributed by atoms with Crippen molar-refractivity contribution in [1.29, 1.82) is 0 Å². The van der Waals surface area contributed by atoms with Crippen LogP contribution in [-0.4, -0.2) is 49.5 Å². The third-order valence-electron chi connectivity index (χ3n) is 9.06. The molecule has 1 saturated heterocycles. The third-order valence-corrected chi connectivity index (χ3v) is 10.8. The van der Waals surface area contributed by atoms with E-state index in [9.17, 15) is 13.2 Å². The maximum Gasteiger partial charge on any atom is 0.229 e. The molecule has 4 atom stereocenters. The number of piperidine rings is 1. The van der Waals surface area contributed by atoms with Gasteiger partial charge < -0.3 is 9.64 Å². The Kier molecular flexibility index (Phi) is 9.81. The van der Waals surface area contributed by atoms with Crippen LogP contribution in [0.2, 0.25) is 10.0 Å². The molecule has 44 heavy (non-hydrogen) atoms. The van der Waals surface area contributed by atoms with Crippen LogP contribution in [0.5, 0.6) is 5.75 Å². The Morgan fingerprint density at radius 1 is 1.05 bits per heavy atom. The number of benzene rings is 3. The van der Waals surface area contributed by atoms with Gasteiger partial charge in [0.05, 0.1) is 24.8 Å². The average Bonchev–Trinajstić information content (AvgIpc) is 3.83. The van der Waals surface area contributed by atoms with Gasteiger partial charge in [0, 0.05) is 35.1 Å². The predicted molar refractivity (Wildman–Crippen MR) is 178 cm³/mol. The molecule has 0 radical (unpaired) electrons. The molecule has 3 aromatic rings. The molecule has 234 valence electrons. The summed E-state index contributed by atoms with van der Waals surface area (Å²) < 4.78 is 33.5. The molecular formula is C35H40Cl2N2O4S. The van der Waals surface area contributed by atoms with E-state index in [2.05, 4.69) is 12.6 Å². The van der Waals surface area contributed by atoms with Gasteiger partial charge >= 0.3 is 0 Å². The zero-order valence-electron chi connectivity index (χ0n) is 25.5. The molecule has 5 rings (SSSR count). The number of hydrogen-bond donors (Lipinski definition) is 0. The van der Waals surface area contributed by atoms with Crippen molar-refractivity contribution >= 4 is 39.1 Å². The standard InChI is InChI=1S/C35H40Cl2N2O4S/c1-5-18-35(2)21-31(27-9-7-10-29(37)20-27)33(26-14-16-28(36)17-15-26)39(34(35)40)32(25-12-13-25)23-38(44(4,41)42)22-24-8-6-11-30(19-24)43-3/h5-11,14-17,19-20,25,31-33H,1,12-13,18,21-23H2,2-4H3/t31?,32-,33-,35+/m1/s1. The maximum atomic E-state index is 14.8. The Hall–Kier alpha value is -2.84. The first-order valence-corrected chi connectivity index (χ1v) is 17.6. The predicted octanol–water partition coefficient (Wildman–Crippen LogP) is 7.88. The van der Waals surface area contributed by atoms with E-state index in [1.807, 2.05) is 84.6 Å². The zero-order chi connectivity index (χ0) is 31.6. The van der Waals surface area contributed by atoms with Crippen molar-refractivity contribution in [3.63, 3.8) is 0 Å². The summed E-state index contributed by atoms with van der Waals surface area (Å²) in [6.45, 7) is 6.35. The van der Waals surface area contributed by atoms with Crippen LogP contribution in [0.25, 0.3) is 0 Å². The second-order valence-electron chi connectivity index (χ2n) is 12.4. The molecule has 1 aliphatic heterocycles. The largest absolute Gasteiger partial charge is 0.497 e. The van der Waals surface area contributed by atoms with Gasteiger partial charge in [0.15, 0.2) is 0 Å². The molecule has 0 bridgehead atoms. The van der Waals surface area contributed by atoms with E-state index in [1.165, 1.54) is 10.6 Å². The number of rotatable bonds is 12. The number of nitrogens with zero attached hydrogens (tertiary/aromatic N) is 2. The quantitative estimate of drug-likeness (QED) is 0.186. The van der Waals surface area contributed by atoms with Crippen LogP contribution in [0.1, 0.15) is 61.3 Å². The van der Waals surface area contributed by atoms with Crippen LogP contribution >= 0.6 is 23.2 Å². The summed E-state index contributed by atoms with van der Waals surface area (Å²) >= 11 is 12.8. The fourth-order valence-electron chi connectivity index (χ4n) is 6.70. The van der Waals surface area contributed by atoms with Crippen molar-refractivity contribution in [2.24, 2.45) is 11.3 Å². The highest BCUT2D eigenvalue weighted by atomic mass is 35.5. The minimum atomic E-state index is -3.63. The monoisotopic (exact) mass is 654 g/mol. The molecule has 2 aliphatic rings. The van der Waals surface area contributed by atoms with Crippen molar-refractivity contribution in [3.05, 3.63) is 112 Å². The van der Waals surface area contributed by atoms with E-state index in [-0.39, 0.29) is 42.9 Å². The highest BCUT2D eigenvalue weighted by Gasteiger charge is 2.53. The minimum absolute atomic E-state index is 0.0161. The van der Waals surface area contributed by atoms with Crippen molar-refractivity contribution < 1.29 is 17.9 Å². The van der Waals surface area contributed by atoms with E-state index in [4.69, 9.17) is 27.9 Å². The molecule has 0 N–H and O–H groups in total. The molecule has 0 aromatic heterocycles. The Bertz CT molecular complexity index is 1610. The molecule has 1 amide bonds. The van der Waals surface area contributed by atoms with E-state index < -0.39 is 15.4 Å². The topological polar surface area (TPSA) is 66.9 Å². The number of carbonyl (C=O) groups excluding carboxylic acids is 1. The van der Waals surface area contributed by atoms with Crippen LogP contribution < -0.4 is 4.74 Å². The number of carbonyl (C=O) groups is 1. The van der Waals surface area contributed by atoms with Gasteiger partial charge in [0.2, 0.25) is 15.9 Å². The molecular weight excluding hydrogens is 615 g/mol. The molecule has 1 aliphatic carbocycles. The summed E-state index contributed by atoms with van der Waals surface area (Å²) in [6.07, 6.45) is 6.01. The molecule has 1 heterocycles. The summed E-state index contributed by atoms with van der Waals surface area (Å²) in [7, 11) is -2.04. The first-order valence-electron chi connectivity index (χ1n) is 15.0. The third kappa shape index (κ3) is 7.17. The fourth-order valence-corrected chi connectivity index (χ4v) is 7.83. The number of hydrogen-bond acceptors (Lipinski definition) is 4. The Balaban J connectivity index is 1.64. The van der Waals surface area contributed by atoms with Gasteiger partial charge in [-0.25, -0.2) is 8.42 Å². The highest BCUT2D eigenvalue weighted by Crippen LogP contribution is 2.54. The van der Waals surface area contributed by atoms with Crippen molar-refractivity contribution in [2.75, 3.05) is 19.9 Å². The first-order chi connectivity index (χ1) is 20.9. The lowest BCUT2D eigenvalue weighted by Gasteiger charge is -2.52. The molecule has 0 spiro atoms. The second kappa shape index (κ2) is 13.3. The number of ether oxygens (including phenoxy) is 1. The number of sulfonamides is 1. The van der Waals surface area contributed by atoms with E-state index in [0.29, 0.717) is 28.6 Å². The molecule has 3 aromatic carbocycles. The van der Waals surface area contributed by atoms with Gasteiger partial charge in [-0.2, -0.15) is 4.31 Å². The number of methoxy groups -OCH3 is 1. The van der Waals surface area contributed by atoms with Crippen LogP contribution in [-0.2, 0) is 21.4 Å². The summed E-state index contributed by atoms with van der Waals surface area (Å²) in [5.41, 5.74) is 2.08. The number of likely N-dealkylation sites (tertiary alicyclic amines) is 1. The number of halogens is 2. The number of amides is 1. The minimum Gasteiger partial charge on any atom is -0.497 e. The van der Waals surface area contributed by atoms with Crippen LogP contribution in [0.3, 0.4) is 0 Å². The van der Waals surface area contributed by atoms with E-state index >= 15 is 0 Å². The van der Waals surface area contributed by atoms with Gasteiger partial charge in [-0.15, -0.1) is 6.58 Å². The van der Waals surface area contributed by atoms with Crippen LogP contribution in [0.4, 0.5) is 0 Å². The summed E-state index contributed by atoms with van der Waals surface area (Å²) in [5, 5.41) is 1.24. The van der Waals surface area contributed by atoms with Crippen LogP contribution in [0.15, 0.2) is 85.5 Å². The lowest BCUT2D eigenvalue weighted by atomic mass is 9.67. The van der Waals surface area contributed by atoms with Gasteiger partial charge in [0.1, 0.15) is 5.75 Å². The molecule has 2 fully saturated rings. The fraction of sp³-hybridized carbons (Fsp3) is 0.400. The molecule has 1 unspecified atom stereocenters. The maximum absolute atomic E-state index is 14.8. The number of allylic oxidation sites excluding steroid dienone is 1. The smallest absolute Gasteiger partial charge is 0.229 e. The van der Waals surface area contributed by atoms with Crippen molar-refractivity contribution in [2.45, 2.75) is 57.2 Å². The van der Waals surface area contributed by atoms with Gasteiger partial charge in [-0.3, -0.25) is 4.79 Å². The van der Waals surface area contributed by atoms with Gasteiger partial charge in [0.25, 0.3) is 0 Å². The molecule has 1 saturated carbocycles. The Morgan fingerprint density at radius 2 is 1.75 bits per heavy atom. The summed E-state index contributed by atoms with van der Waals surface area (Å²) in [6, 6.07) is 22.3. The van der Waals surface area contributed by atoms with Crippen molar-refractivity contribution in [3.8, 4) is 5.75 Å². The van der Waals surface area contributed by atoms with Gasteiger partial charge in [-0.1, -0.05) is 72.6 Å². The lowest BCUT2D eigenvalue weighted by Crippen LogP contribution is -2.58. The first kappa shape index (κ1) is 32.6. The van der Waals surface area contributed by atoms with E-state index in [1.54, 1.807) is 7.11 Å². The SMILES string of the molecule is C=CC[C@@]1(C)CC(c2cccc(Cl)c2)[C@@H](c2ccc(Cl)cc2)N([C@H](CN(Cc2cccc(OC)c2)S(C)(=O)=O)C2CC2)C1=O. The normalized spacial score (nSPS) is 23.0.